The fourth-order valence-electron chi connectivity index (χ4n) is 6.08. The van der Waals surface area contributed by atoms with Crippen LogP contribution in [0.4, 0.5) is 0 Å². The van der Waals surface area contributed by atoms with Crippen molar-refractivity contribution in [3.8, 4) is 17.2 Å². The Kier molecular flexibility index (Phi) is 15.8. The molecule has 0 aliphatic heterocycles. The van der Waals surface area contributed by atoms with Crippen molar-refractivity contribution in [1.29, 1.82) is 0 Å². The zero-order valence-corrected chi connectivity index (χ0v) is 26.2. The predicted molar refractivity (Wildman–Crippen MR) is 170 cm³/mol. The van der Waals surface area contributed by atoms with Crippen molar-refractivity contribution in [2.24, 2.45) is 11.8 Å². The molecule has 0 bridgehead atoms. The first-order valence-electron chi connectivity index (χ1n) is 16.8. The van der Waals surface area contributed by atoms with Gasteiger partial charge in [-0.05, 0) is 93.0 Å². The average Bonchev–Trinajstić information content (AvgIpc) is 2.99. The van der Waals surface area contributed by atoms with Gasteiger partial charge in [-0.1, -0.05) is 97.3 Å². The summed E-state index contributed by atoms with van der Waals surface area (Å²) in [4.78, 5) is 12.6. The largest absolute Gasteiger partial charge is 0.494 e. The van der Waals surface area contributed by atoms with Crippen molar-refractivity contribution in [2.45, 2.75) is 136 Å². The Morgan fingerprint density at radius 2 is 1.24 bits per heavy atom. The molecule has 1 fully saturated rings. The number of carbonyl (C=O) groups is 1. The lowest BCUT2D eigenvalue weighted by molar-refractivity contribution is 0.0734. The van der Waals surface area contributed by atoms with Gasteiger partial charge in [-0.15, -0.1) is 0 Å². The summed E-state index contributed by atoms with van der Waals surface area (Å²) in [6.45, 7) is 7.42. The quantitative estimate of drug-likeness (QED) is 0.0911. The highest BCUT2D eigenvalue weighted by atomic mass is 16.5. The fraction of sp³-hybridized carbons (Fsp3) is 0.649. The van der Waals surface area contributed by atoms with E-state index < -0.39 is 0 Å². The van der Waals surface area contributed by atoms with Crippen LogP contribution in [0.5, 0.6) is 17.2 Å². The summed E-state index contributed by atoms with van der Waals surface area (Å²) in [5, 5.41) is 0. The van der Waals surface area contributed by atoms with E-state index in [-0.39, 0.29) is 12.1 Å². The molecule has 1 saturated carbocycles. The van der Waals surface area contributed by atoms with E-state index in [1.54, 1.807) is 24.3 Å². The molecule has 1 unspecified atom stereocenters. The van der Waals surface area contributed by atoms with E-state index in [9.17, 15) is 4.79 Å². The molecule has 0 N–H and O–H groups in total. The second kappa shape index (κ2) is 19.6. The second-order valence-corrected chi connectivity index (χ2v) is 12.2. The van der Waals surface area contributed by atoms with Crippen molar-refractivity contribution >= 4 is 5.97 Å². The molecule has 0 heterocycles. The Hall–Kier alpha value is -2.49. The van der Waals surface area contributed by atoms with E-state index in [1.165, 1.54) is 96.3 Å². The smallest absolute Gasteiger partial charge is 0.343 e. The summed E-state index contributed by atoms with van der Waals surface area (Å²) in [7, 11) is 0. The van der Waals surface area contributed by atoms with E-state index in [0.717, 1.165) is 42.8 Å². The minimum Gasteiger partial charge on any atom is -0.494 e. The van der Waals surface area contributed by atoms with Gasteiger partial charge in [0.05, 0.1) is 18.3 Å². The molecule has 0 radical (unpaired) electrons. The minimum absolute atomic E-state index is 0.166. The van der Waals surface area contributed by atoms with E-state index in [2.05, 4.69) is 20.8 Å². The zero-order valence-electron chi connectivity index (χ0n) is 26.2. The molecule has 1 aliphatic rings. The fourth-order valence-corrected chi connectivity index (χ4v) is 6.08. The van der Waals surface area contributed by atoms with Gasteiger partial charge in [0, 0.05) is 0 Å². The van der Waals surface area contributed by atoms with Crippen LogP contribution in [-0.4, -0.2) is 18.7 Å². The van der Waals surface area contributed by atoms with Crippen molar-refractivity contribution in [1.82, 2.24) is 0 Å². The van der Waals surface area contributed by atoms with Crippen molar-refractivity contribution < 1.29 is 19.0 Å². The van der Waals surface area contributed by atoms with Gasteiger partial charge in [-0.3, -0.25) is 0 Å². The van der Waals surface area contributed by atoms with Gasteiger partial charge in [0.15, 0.2) is 0 Å². The molecule has 2 aromatic carbocycles. The highest BCUT2D eigenvalue weighted by Gasteiger charge is 2.20. The van der Waals surface area contributed by atoms with Crippen LogP contribution in [0, 0.1) is 11.8 Å². The Morgan fingerprint density at radius 3 is 1.88 bits per heavy atom. The van der Waals surface area contributed by atoms with Crippen molar-refractivity contribution in [2.75, 3.05) is 6.61 Å². The Bertz CT molecular complexity index is 944. The first kappa shape index (κ1) is 33.0. The van der Waals surface area contributed by atoms with Crippen molar-refractivity contribution in [3.05, 3.63) is 54.1 Å². The molecule has 4 heteroatoms. The van der Waals surface area contributed by atoms with E-state index in [4.69, 9.17) is 14.2 Å². The molecule has 0 amide bonds. The first-order chi connectivity index (χ1) is 20.1. The molecular formula is C37H56O4. The molecule has 4 nitrogen and oxygen atoms in total. The molecular weight excluding hydrogens is 508 g/mol. The third-order valence-electron chi connectivity index (χ3n) is 8.61. The Morgan fingerprint density at radius 1 is 0.683 bits per heavy atom. The van der Waals surface area contributed by atoms with Crippen LogP contribution >= 0.6 is 0 Å². The van der Waals surface area contributed by atoms with Gasteiger partial charge in [-0.25, -0.2) is 4.79 Å². The topological polar surface area (TPSA) is 44.8 Å². The summed E-state index contributed by atoms with van der Waals surface area (Å²) < 4.78 is 17.6. The third kappa shape index (κ3) is 13.4. The summed E-state index contributed by atoms with van der Waals surface area (Å²) in [5.41, 5.74) is 0.511. The summed E-state index contributed by atoms with van der Waals surface area (Å²) in [6.07, 6.45) is 22.5. The van der Waals surface area contributed by atoms with Crippen LogP contribution in [-0.2, 0) is 0 Å². The molecule has 0 spiro atoms. The number of benzene rings is 2. The maximum Gasteiger partial charge on any atom is 0.343 e. The highest BCUT2D eigenvalue weighted by Crippen LogP contribution is 2.33. The van der Waals surface area contributed by atoms with Crippen LogP contribution in [0.1, 0.15) is 140 Å². The lowest BCUT2D eigenvalue weighted by Crippen LogP contribution is -2.15. The minimum atomic E-state index is -0.370. The normalized spacial score (nSPS) is 17.6. The number of rotatable bonds is 20. The molecule has 1 aliphatic carbocycles. The zero-order chi connectivity index (χ0) is 29.1. The monoisotopic (exact) mass is 564 g/mol. The number of hydrogen-bond acceptors (Lipinski definition) is 4. The van der Waals surface area contributed by atoms with Crippen LogP contribution in [0.2, 0.25) is 0 Å². The SMILES string of the molecule is CCCCCCCCCCC(C)Oc1ccc(C(=O)Oc2ccc(OCCCC3CCC(CCC)CC3)cc2)cc1. The summed E-state index contributed by atoms with van der Waals surface area (Å²) in [6, 6.07) is 14.6. The lowest BCUT2D eigenvalue weighted by atomic mass is 9.78. The van der Waals surface area contributed by atoms with E-state index >= 15 is 0 Å². The van der Waals surface area contributed by atoms with Crippen LogP contribution in [0.25, 0.3) is 0 Å². The van der Waals surface area contributed by atoms with Crippen LogP contribution < -0.4 is 14.2 Å². The number of unbranched alkanes of at least 4 members (excludes halogenated alkanes) is 7. The molecule has 228 valence electrons. The Labute approximate surface area is 250 Å². The molecule has 0 saturated heterocycles. The highest BCUT2D eigenvalue weighted by molar-refractivity contribution is 5.91. The van der Waals surface area contributed by atoms with Gasteiger partial charge in [0.2, 0.25) is 0 Å². The third-order valence-corrected chi connectivity index (χ3v) is 8.61. The number of esters is 1. The number of carbonyl (C=O) groups excluding carboxylic acids is 1. The Balaban J connectivity index is 1.28. The average molecular weight is 565 g/mol. The van der Waals surface area contributed by atoms with Gasteiger partial charge in [0.25, 0.3) is 0 Å². The summed E-state index contributed by atoms with van der Waals surface area (Å²) >= 11 is 0. The van der Waals surface area contributed by atoms with Gasteiger partial charge in [0.1, 0.15) is 17.2 Å². The first-order valence-corrected chi connectivity index (χ1v) is 16.8. The maximum absolute atomic E-state index is 12.6. The lowest BCUT2D eigenvalue weighted by Gasteiger charge is -2.28. The molecule has 41 heavy (non-hydrogen) atoms. The maximum atomic E-state index is 12.6. The summed E-state index contributed by atoms with van der Waals surface area (Å²) in [5.74, 6) is 3.60. The van der Waals surface area contributed by atoms with Crippen LogP contribution in [0.15, 0.2) is 48.5 Å². The van der Waals surface area contributed by atoms with Gasteiger partial charge >= 0.3 is 5.97 Å². The molecule has 0 aromatic heterocycles. The van der Waals surface area contributed by atoms with E-state index in [1.807, 2.05) is 24.3 Å². The molecule has 1 atom stereocenters. The number of hydrogen-bond donors (Lipinski definition) is 0. The van der Waals surface area contributed by atoms with Crippen molar-refractivity contribution in [3.63, 3.8) is 0 Å². The molecule has 2 aromatic rings. The van der Waals surface area contributed by atoms with Gasteiger partial charge < -0.3 is 14.2 Å². The number of ether oxygens (including phenoxy) is 3. The standard InChI is InChI=1S/C37H56O4/c1-4-6-7-8-9-10-11-12-15-30(3)40-35-23-21-33(22-24-35)37(38)41-36-27-25-34(26-28-36)39-29-13-16-32-19-17-31(14-5-2)18-20-32/h21-28,30-32H,4-20,29H2,1-3H3. The second-order valence-electron chi connectivity index (χ2n) is 12.2. The molecule has 3 rings (SSSR count). The predicted octanol–water partition coefficient (Wildman–Crippen LogP) is 11.0. The van der Waals surface area contributed by atoms with E-state index in [0.29, 0.717) is 11.3 Å². The van der Waals surface area contributed by atoms with Gasteiger partial charge in [-0.2, -0.15) is 0 Å². The van der Waals surface area contributed by atoms with Crippen LogP contribution in [0.3, 0.4) is 0 Å².